The molecular formula is C42H30ClNSi. The number of benzene rings is 7. The molecule has 0 fully saturated rings. The van der Waals surface area contributed by atoms with Crippen LogP contribution in [0.4, 0.5) is 17.1 Å². The van der Waals surface area contributed by atoms with Crippen molar-refractivity contribution in [3.63, 3.8) is 0 Å². The number of halogens is 1. The van der Waals surface area contributed by atoms with Gasteiger partial charge in [-0.15, -0.1) is 0 Å². The first-order chi connectivity index (χ1) is 22.2. The molecule has 0 aliphatic carbocycles. The molecular weight excluding hydrogens is 582 g/mol. The van der Waals surface area contributed by atoms with Crippen LogP contribution in [0.2, 0.25) is 5.02 Å². The molecule has 3 heteroatoms. The van der Waals surface area contributed by atoms with E-state index in [4.69, 9.17) is 11.6 Å². The Morgan fingerprint density at radius 3 is 1.51 bits per heavy atom. The highest BCUT2D eigenvalue weighted by molar-refractivity contribution is 7.22. The van der Waals surface area contributed by atoms with Crippen molar-refractivity contribution >= 4 is 57.5 Å². The first-order valence-electron chi connectivity index (χ1n) is 15.3. The fraction of sp³-hybridized carbons (Fsp3) is 0. The van der Waals surface area contributed by atoms with Gasteiger partial charge in [0.05, 0.1) is 0 Å². The van der Waals surface area contributed by atoms with Crippen LogP contribution in [0.15, 0.2) is 182 Å². The van der Waals surface area contributed by atoms with Gasteiger partial charge in [-0.05, 0) is 97.6 Å². The maximum atomic E-state index is 6.76. The molecule has 0 N–H and O–H groups in total. The maximum Gasteiger partial charge on any atom is 0.180 e. The first kappa shape index (κ1) is 27.4. The van der Waals surface area contributed by atoms with E-state index in [1.165, 1.54) is 43.0 Å². The van der Waals surface area contributed by atoms with Gasteiger partial charge in [0.1, 0.15) is 0 Å². The molecule has 7 aromatic rings. The lowest BCUT2D eigenvalue weighted by Gasteiger charge is -2.31. The molecule has 214 valence electrons. The van der Waals surface area contributed by atoms with Crippen molar-refractivity contribution in [1.29, 1.82) is 0 Å². The summed E-state index contributed by atoms with van der Waals surface area (Å²) in [5.74, 6) is 0. The summed E-state index contributed by atoms with van der Waals surface area (Å²) in [6.07, 6.45) is 0. The van der Waals surface area contributed by atoms with Crippen molar-refractivity contribution < 1.29 is 0 Å². The second kappa shape index (κ2) is 11.4. The topological polar surface area (TPSA) is 3.24 Å². The normalized spacial score (nSPS) is 12.7. The van der Waals surface area contributed by atoms with Crippen molar-refractivity contribution in [3.05, 3.63) is 187 Å². The zero-order chi connectivity index (χ0) is 30.2. The van der Waals surface area contributed by atoms with Gasteiger partial charge in [-0.1, -0.05) is 139 Å². The zero-order valence-electron chi connectivity index (χ0n) is 24.6. The fourth-order valence-corrected chi connectivity index (χ4v) is 12.5. The van der Waals surface area contributed by atoms with Crippen molar-refractivity contribution in [2.75, 3.05) is 4.90 Å². The van der Waals surface area contributed by atoms with Crippen LogP contribution in [0.3, 0.4) is 0 Å². The van der Waals surface area contributed by atoms with Gasteiger partial charge in [-0.25, -0.2) is 0 Å². The van der Waals surface area contributed by atoms with Gasteiger partial charge >= 0.3 is 0 Å². The number of para-hydroxylation sites is 2. The zero-order valence-corrected chi connectivity index (χ0v) is 26.4. The number of anilines is 3. The highest BCUT2D eigenvalue weighted by atomic mass is 35.5. The third kappa shape index (κ3) is 4.62. The van der Waals surface area contributed by atoms with Gasteiger partial charge in [-0.3, -0.25) is 0 Å². The Bertz CT molecular complexity index is 2030. The second-order valence-electron chi connectivity index (χ2n) is 11.5. The van der Waals surface area contributed by atoms with Gasteiger partial charge < -0.3 is 4.90 Å². The van der Waals surface area contributed by atoms with E-state index in [-0.39, 0.29) is 0 Å². The van der Waals surface area contributed by atoms with Crippen LogP contribution in [-0.2, 0) is 0 Å². The number of fused-ring (bicyclic) bond motifs is 3. The van der Waals surface area contributed by atoms with Gasteiger partial charge in [-0.2, -0.15) is 0 Å². The van der Waals surface area contributed by atoms with Gasteiger partial charge in [0, 0.05) is 22.1 Å². The van der Waals surface area contributed by atoms with Crippen molar-refractivity contribution in [3.8, 4) is 22.3 Å². The van der Waals surface area contributed by atoms with Crippen LogP contribution in [0.1, 0.15) is 0 Å². The lowest BCUT2D eigenvalue weighted by Crippen LogP contribution is -2.72. The molecule has 0 radical (unpaired) electrons. The Balaban J connectivity index is 1.32. The highest BCUT2D eigenvalue weighted by Crippen LogP contribution is 2.38. The molecule has 0 atom stereocenters. The minimum absolute atomic E-state index is 0.778. The Kier molecular flexibility index (Phi) is 6.94. The van der Waals surface area contributed by atoms with Gasteiger partial charge in [0.2, 0.25) is 0 Å². The van der Waals surface area contributed by atoms with Crippen LogP contribution in [0.25, 0.3) is 22.3 Å². The van der Waals surface area contributed by atoms with Crippen LogP contribution < -0.4 is 25.6 Å². The summed E-state index contributed by atoms with van der Waals surface area (Å²) in [6, 6.07) is 65.7. The lowest BCUT2D eigenvalue weighted by molar-refractivity contribution is 1.28. The number of hydrogen-bond acceptors (Lipinski definition) is 1. The summed E-state index contributed by atoms with van der Waals surface area (Å²) in [5.41, 5.74) is 8.33. The molecule has 1 heterocycles. The quantitative estimate of drug-likeness (QED) is 0.170. The van der Waals surface area contributed by atoms with E-state index in [0.717, 1.165) is 22.1 Å². The van der Waals surface area contributed by atoms with E-state index in [0.29, 0.717) is 0 Å². The third-order valence-electron chi connectivity index (χ3n) is 8.98. The fourth-order valence-electron chi connectivity index (χ4n) is 7.07. The summed E-state index contributed by atoms with van der Waals surface area (Å²) in [6.45, 7) is 0. The van der Waals surface area contributed by atoms with Crippen LogP contribution >= 0.6 is 11.6 Å². The van der Waals surface area contributed by atoms with E-state index in [2.05, 4.69) is 181 Å². The average molecular weight is 612 g/mol. The average Bonchev–Trinajstić information content (AvgIpc) is 3.40. The second-order valence-corrected chi connectivity index (χ2v) is 15.7. The molecule has 0 bridgehead atoms. The van der Waals surface area contributed by atoms with E-state index < -0.39 is 8.07 Å². The molecule has 1 aliphatic rings. The van der Waals surface area contributed by atoms with Gasteiger partial charge in [0.25, 0.3) is 0 Å². The van der Waals surface area contributed by atoms with Gasteiger partial charge in [0.15, 0.2) is 8.07 Å². The molecule has 8 rings (SSSR count). The molecule has 0 saturated carbocycles. The predicted molar refractivity (Wildman–Crippen MR) is 194 cm³/mol. The number of nitrogens with zero attached hydrogens (tertiary/aromatic N) is 1. The van der Waals surface area contributed by atoms with Crippen molar-refractivity contribution in [2.24, 2.45) is 0 Å². The SMILES string of the molecule is Clc1ccc2c(c1)[Si](c1ccccc1)(c1ccccc1)c1ccc(-c3cccc(N(c4ccccc4)c4ccccc4)c3)cc1-2. The van der Waals surface area contributed by atoms with E-state index in [1.807, 2.05) is 6.07 Å². The molecule has 0 spiro atoms. The van der Waals surface area contributed by atoms with Crippen molar-refractivity contribution in [1.82, 2.24) is 0 Å². The largest absolute Gasteiger partial charge is 0.310 e. The predicted octanol–water partition coefficient (Wildman–Crippen LogP) is 8.83. The highest BCUT2D eigenvalue weighted by Gasteiger charge is 2.48. The minimum Gasteiger partial charge on any atom is -0.310 e. The van der Waals surface area contributed by atoms with E-state index in [1.54, 1.807) is 0 Å². The molecule has 0 unspecified atom stereocenters. The van der Waals surface area contributed by atoms with Crippen LogP contribution in [0, 0.1) is 0 Å². The summed E-state index contributed by atoms with van der Waals surface area (Å²) in [7, 11) is -2.59. The molecule has 45 heavy (non-hydrogen) atoms. The minimum atomic E-state index is -2.59. The molecule has 0 aromatic heterocycles. The molecule has 1 aliphatic heterocycles. The molecule has 1 nitrogen and oxygen atoms in total. The van der Waals surface area contributed by atoms with E-state index >= 15 is 0 Å². The monoisotopic (exact) mass is 611 g/mol. The maximum absolute atomic E-state index is 6.76. The molecule has 0 amide bonds. The first-order valence-corrected chi connectivity index (χ1v) is 17.7. The molecule has 0 saturated heterocycles. The lowest BCUT2D eigenvalue weighted by atomic mass is 9.98. The third-order valence-corrected chi connectivity index (χ3v) is 14.1. The Hall–Kier alpha value is -5.15. The Morgan fingerprint density at radius 2 is 0.911 bits per heavy atom. The summed E-state index contributed by atoms with van der Waals surface area (Å²) in [4.78, 5) is 2.32. The standard InChI is InChI=1S/C42H30ClNSi/c43-33-25-26-39-40-29-32(31-14-13-19-36(28-31)44(34-15-5-1-6-16-34)35-17-7-2-8-18-35)24-27-41(40)45(42(39)30-33,37-20-9-3-10-21-37)38-22-11-4-12-23-38/h1-30H. The van der Waals surface area contributed by atoms with Crippen molar-refractivity contribution in [2.45, 2.75) is 0 Å². The molecule has 7 aromatic carbocycles. The smallest absolute Gasteiger partial charge is 0.180 e. The number of hydrogen-bond donors (Lipinski definition) is 0. The van der Waals surface area contributed by atoms with Crippen LogP contribution in [-0.4, -0.2) is 8.07 Å². The Morgan fingerprint density at radius 1 is 0.378 bits per heavy atom. The number of rotatable bonds is 6. The summed E-state index contributed by atoms with van der Waals surface area (Å²) in [5, 5.41) is 6.28. The van der Waals surface area contributed by atoms with Crippen LogP contribution in [0.5, 0.6) is 0 Å². The summed E-state index contributed by atoms with van der Waals surface area (Å²) >= 11 is 6.76. The summed E-state index contributed by atoms with van der Waals surface area (Å²) < 4.78 is 0. The van der Waals surface area contributed by atoms with E-state index in [9.17, 15) is 0 Å². The Labute approximate surface area is 270 Å².